The number of ether oxygens (including phenoxy) is 1. The van der Waals surface area contributed by atoms with Crippen molar-refractivity contribution >= 4 is 38.1 Å². The number of nitro groups is 1. The van der Waals surface area contributed by atoms with Crippen LogP contribution < -0.4 is 0 Å². The van der Waals surface area contributed by atoms with Crippen molar-refractivity contribution in [2.45, 2.75) is 6.61 Å². The lowest BCUT2D eigenvalue weighted by molar-refractivity contribution is -0.385. The molecule has 5 nitrogen and oxygen atoms in total. The maximum absolute atomic E-state index is 10.7. The van der Waals surface area contributed by atoms with Crippen LogP contribution in [0, 0.1) is 10.1 Å². The van der Waals surface area contributed by atoms with Crippen LogP contribution in [0.15, 0.2) is 18.2 Å². The van der Waals surface area contributed by atoms with Gasteiger partial charge in [0.1, 0.15) is 11.6 Å². The Labute approximate surface area is 98.3 Å². The molecule has 0 saturated carbocycles. The number of carbonyl (C=O) groups excluding carboxylic acids is 1. The Morgan fingerprint density at radius 3 is 2.80 bits per heavy atom. The maximum Gasteiger partial charge on any atom is 0.374 e. The highest BCUT2D eigenvalue weighted by Gasteiger charge is 2.18. The molecule has 1 aromatic carbocycles. The second kappa shape index (κ2) is 5.09. The summed E-state index contributed by atoms with van der Waals surface area (Å²) in [5.41, 5.74) is 0.00761. The van der Waals surface area contributed by atoms with Crippen molar-refractivity contribution in [3.8, 4) is 0 Å². The second-order valence-electron chi connectivity index (χ2n) is 2.53. The van der Waals surface area contributed by atoms with Crippen LogP contribution in [0.1, 0.15) is 5.56 Å². The van der Waals surface area contributed by atoms with Crippen LogP contribution in [0.2, 0.25) is 5.02 Å². The fourth-order valence-corrected chi connectivity index (χ4v) is 1.39. The number of nitrogens with zero attached hydrogens (tertiary/aromatic N) is 1. The molecular formula is C8H5BrClNO4. The minimum atomic E-state index is -0.684. The van der Waals surface area contributed by atoms with Gasteiger partial charge in [0.2, 0.25) is 0 Å². The number of hydrogen-bond donors (Lipinski definition) is 0. The SMILES string of the molecule is O=C(Br)OCc1cccc(Cl)c1[N+](=O)[O-]. The van der Waals surface area contributed by atoms with E-state index in [4.69, 9.17) is 11.6 Å². The summed E-state index contributed by atoms with van der Waals surface area (Å²) < 4.78 is 4.59. The van der Waals surface area contributed by atoms with E-state index in [1.54, 1.807) is 6.07 Å². The van der Waals surface area contributed by atoms with E-state index >= 15 is 0 Å². The van der Waals surface area contributed by atoms with Crippen LogP contribution in [0.4, 0.5) is 10.5 Å². The topological polar surface area (TPSA) is 69.4 Å². The normalized spacial score (nSPS) is 9.73. The van der Waals surface area contributed by atoms with Crippen molar-refractivity contribution < 1.29 is 14.5 Å². The lowest BCUT2D eigenvalue weighted by Gasteiger charge is -2.03. The molecule has 0 saturated heterocycles. The summed E-state index contributed by atoms with van der Waals surface area (Å²) in [7, 11) is 0. The zero-order valence-electron chi connectivity index (χ0n) is 7.28. The van der Waals surface area contributed by atoms with Gasteiger partial charge in [-0.2, -0.15) is 0 Å². The van der Waals surface area contributed by atoms with Crippen LogP contribution >= 0.6 is 27.5 Å². The van der Waals surface area contributed by atoms with Crippen LogP contribution in [0.25, 0.3) is 0 Å². The van der Waals surface area contributed by atoms with Gasteiger partial charge in [0.15, 0.2) is 0 Å². The summed E-state index contributed by atoms with van der Waals surface area (Å²) in [6, 6.07) is 4.42. The molecule has 0 atom stereocenters. The lowest BCUT2D eigenvalue weighted by atomic mass is 10.2. The molecule has 1 rings (SSSR count). The zero-order valence-corrected chi connectivity index (χ0v) is 9.62. The Hall–Kier alpha value is -1.14. The fourth-order valence-electron chi connectivity index (χ4n) is 1.02. The first-order valence-corrected chi connectivity index (χ1v) is 4.93. The molecule has 80 valence electrons. The van der Waals surface area contributed by atoms with E-state index < -0.39 is 9.80 Å². The quantitative estimate of drug-likeness (QED) is 0.487. The Kier molecular flexibility index (Phi) is 4.05. The summed E-state index contributed by atoms with van der Waals surface area (Å²) in [5, 5.41) is 10.7. The zero-order chi connectivity index (χ0) is 11.4. The molecule has 0 bridgehead atoms. The van der Waals surface area contributed by atoms with Crippen LogP contribution in [-0.4, -0.2) is 9.80 Å². The third-order valence-electron chi connectivity index (χ3n) is 1.59. The summed E-state index contributed by atoms with van der Waals surface area (Å²) in [4.78, 5) is 19.8. The molecule has 0 unspecified atom stereocenters. The molecule has 1 aromatic rings. The molecule has 0 amide bonds. The smallest absolute Gasteiger partial charge is 0.374 e. The van der Waals surface area contributed by atoms with Gasteiger partial charge in [0.05, 0.1) is 10.5 Å². The average molecular weight is 294 g/mol. The minimum Gasteiger partial charge on any atom is -0.452 e. The first-order chi connectivity index (χ1) is 7.02. The minimum absolute atomic E-state index is 0.0168. The highest BCUT2D eigenvalue weighted by Crippen LogP contribution is 2.28. The summed E-state index contributed by atoms with van der Waals surface area (Å²) in [5.74, 6) is 0. The third kappa shape index (κ3) is 3.17. The molecule has 15 heavy (non-hydrogen) atoms. The van der Waals surface area contributed by atoms with Crippen molar-refractivity contribution in [3.63, 3.8) is 0 Å². The second-order valence-corrected chi connectivity index (χ2v) is 3.59. The van der Waals surface area contributed by atoms with Crippen molar-refractivity contribution in [1.29, 1.82) is 0 Å². The molecule has 7 heteroatoms. The molecule has 0 aliphatic carbocycles. The Morgan fingerprint density at radius 1 is 1.60 bits per heavy atom. The van der Waals surface area contributed by atoms with Crippen molar-refractivity contribution in [3.05, 3.63) is 38.9 Å². The van der Waals surface area contributed by atoms with Crippen molar-refractivity contribution in [1.82, 2.24) is 0 Å². The fraction of sp³-hybridized carbons (Fsp3) is 0.125. The molecule has 0 spiro atoms. The van der Waals surface area contributed by atoms with E-state index in [-0.39, 0.29) is 22.9 Å². The van der Waals surface area contributed by atoms with Gasteiger partial charge in [-0.15, -0.1) is 0 Å². The van der Waals surface area contributed by atoms with Gasteiger partial charge >= 0.3 is 4.88 Å². The van der Waals surface area contributed by atoms with E-state index in [0.29, 0.717) is 0 Å². The van der Waals surface area contributed by atoms with Crippen molar-refractivity contribution in [2.24, 2.45) is 0 Å². The predicted molar refractivity (Wildman–Crippen MR) is 57.2 cm³/mol. The van der Waals surface area contributed by atoms with E-state index in [0.717, 1.165) is 0 Å². The molecular weight excluding hydrogens is 289 g/mol. The van der Waals surface area contributed by atoms with E-state index in [1.807, 2.05) is 0 Å². The maximum atomic E-state index is 10.7. The van der Waals surface area contributed by atoms with Gasteiger partial charge in [-0.25, -0.2) is 4.79 Å². The highest BCUT2D eigenvalue weighted by atomic mass is 79.9. The molecule has 0 aliphatic rings. The van der Waals surface area contributed by atoms with Gasteiger partial charge in [0.25, 0.3) is 5.69 Å². The number of benzene rings is 1. The summed E-state index contributed by atoms with van der Waals surface area (Å²) >= 11 is 8.19. The van der Waals surface area contributed by atoms with Crippen LogP contribution in [0.3, 0.4) is 0 Å². The largest absolute Gasteiger partial charge is 0.452 e. The first-order valence-electron chi connectivity index (χ1n) is 3.76. The molecule has 0 heterocycles. The standard InChI is InChI=1S/C8H5BrClNO4/c9-8(12)15-4-5-2-1-3-6(10)7(5)11(13)14/h1-3H,4H2. The molecule has 0 aromatic heterocycles. The van der Waals surface area contributed by atoms with Crippen molar-refractivity contribution in [2.75, 3.05) is 0 Å². The van der Waals surface area contributed by atoms with E-state index in [9.17, 15) is 14.9 Å². The number of nitro benzene ring substituents is 1. The molecule has 0 N–H and O–H groups in total. The highest BCUT2D eigenvalue weighted by molar-refractivity contribution is 9.18. The molecule has 0 fully saturated rings. The van der Waals surface area contributed by atoms with Gasteiger partial charge in [-0.1, -0.05) is 17.7 Å². The van der Waals surface area contributed by atoms with Crippen LogP contribution in [-0.2, 0) is 11.3 Å². The van der Waals surface area contributed by atoms with E-state index in [1.165, 1.54) is 12.1 Å². The number of carbonyl (C=O) groups is 1. The number of hydrogen-bond acceptors (Lipinski definition) is 4. The van der Waals surface area contributed by atoms with Gasteiger partial charge in [0, 0.05) is 15.9 Å². The number of rotatable bonds is 3. The van der Waals surface area contributed by atoms with Gasteiger partial charge < -0.3 is 4.74 Å². The number of para-hydroxylation sites is 1. The third-order valence-corrected chi connectivity index (χ3v) is 2.13. The summed E-state index contributed by atoms with van der Waals surface area (Å²) in [6.45, 7) is -0.193. The lowest BCUT2D eigenvalue weighted by Crippen LogP contribution is -2.00. The van der Waals surface area contributed by atoms with Crippen LogP contribution in [0.5, 0.6) is 0 Å². The monoisotopic (exact) mass is 293 g/mol. The number of halogens is 2. The van der Waals surface area contributed by atoms with Gasteiger partial charge in [-0.05, 0) is 12.1 Å². The Balaban J connectivity index is 3.01. The molecule has 0 aliphatic heterocycles. The molecule has 0 radical (unpaired) electrons. The van der Waals surface area contributed by atoms with E-state index in [2.05, 4.69) is 20.7 Å². The Bertz CT molecular complexity index is 410. The van der Waals surface area contributed by atoms with Gasteiger partial charge in [-0.3, -0.25) is 10.1 Å². The summed E-state index contributed by atoms with van der Waals surface area (Å²) in [6.07, 6.45) is 0. The first kappa shape index (κ1) is 11.9. The average Bonchev–Trinajstić information content (AvgIpc) is 2.13. The Morgan fingerprint density at radius 2 is 2.27 bits per heavy atom. The predicted octanol–water partition coefficient (Wildman–Crippen LogP) is 3.28.